The average molecular weight is 318 g/mol. The molecule has 1 aromatic carbocycles. The summed E-state index contributed by atoms with van der Waals surface area (Å²) in [6.45, 7) is 4.89. The van der Waals surface area contributed by atoms with Crippen molar-refractivity contribution in [1.29, 1.82) is 0 Å². The van der Waals surface area contributed by atoms with E-state index in [4.69, 9.17) is 9.47 Å². The molecule has 0 radical (unpaired) electrons. The quantitative estimate of drug-likeness (QED) is 0.911. The number of hydrogen-bond donors (Lipinski definition) is 1. The maximum Gasteiger partial charge on any atom is 0.268 e. The number of fused-ring (bicyclic) bond motifs is 1. The maximum atomic E-state index is 12.4. The molecular weight excluding hydrogens is 296 g/mol. The van der Waals surface area contributed by atoms with E-state index >= 15 is 0 Å². The molecule has 3 rings (SSSR count). The maximum absolute atomic E-state index is 12.4. The van der Waals surface area contributed by atoms with Gasteiger partial charge in [-0.15, -0.1) is 0 Å². The number of hydrogen-bond acceptors (Lipinski definition) is 4. The molecule has 2 amide bonds. The number of amides is 2. The van der Waals surface area contributed by atoms with Crippen LogP contribution in [0.15, 0.2) is 18.2 Å². The number of rotatable bonds is 4. The van der Waals surface area contributed by atoms with Gasteiger partial charge in [-0.05, 0) is 44.4 Å². The van der Waals surface area contributed by atoms with Gasteiger partial charge in [-0.2, -0.15) is 0 Å². The summed E-state index contributed by atoms with van der Waals surface area (Å²) < 4.78 is 11.1. The fourth-order valence-electron chi connectivity index (χ4n) is 2.91. The third-order valence-electron chi connectivity index (χ3n) is 4.18. The standard InChI is InChI=1S/C17H22N2O4/c1-11-5-6-15-14(8-11)19(17(21)12(2)23-15)10-16(20)18-9-13-4-3-7-22-13/h5-6,8,12-13H,3-4,7,9-10H2,1-2H3,(H,18,20)/t12-,13+/m0/s1. The number of benzene rings is 1. The lowest BCUT2D eigenvalue weighted by Crippen LogP contribution is -2.49. The predicted octanol–water partition coefficient (Wildman–Crippen LogP) is 1.40. The number of anilines is 1. The summed E-state index contributed by atoms with van der Waals surface area (Å²) >= 11 is 0. The van der Waals surface area contributed by atoms with Crippen molar-refractivity contribution in [1.82, 2.24) is 5.32 Å². The molecule has 0 aromatic heterocycles. The molecule has 0 spiro atoms. The normalized spacial score (nSPS) is 23.4. The van der Waals surface area contributed by atoms with E-state index in [1.165, 1.54) is 4.90 Å². The number of aryl methyl sites for hydroxylation is 1. The van der Waals surface area contributed by atoms with Crippen molar-refractivity contribution < 1.29 is 19.1 Å². The minimum Gasteiger partial charge on any atom is -0.479 e. The minimum atomic E-state index is -0.587. The highest BCUT2D eigenvalue weighted by molar-refractivity contribution is 6.03. The Bertz CT molecular complexity index is 611. The summed E-state index contributed by atoms with van der Waals surface area (Å²) in [5, 5.41) is 2.85. The van der Waals surface area contributed by atoms with Crippen LogP contribution < -0.4 is 15.0 Å². The first kappa shape index (κ1) is 15.8. The topological polar surface area (TPSA) is 67.9 Å². The van der Waals surface area contributed by atoms with E-state index in [1.54, 1.807) is 6.92 Å². The van der Waals surface area contributed by atoms with Crippen molar-refractivity contribution in [3.63, 3.8) is 0 Å². The van der Waals surface area contributed by atoms with Crippen molar-refractivity contribution in [2.24, 2.45) is 0 Å². The zero-order chi connectivity index (χ0) is 16.4. The molecule has 1 aromatic rings. The van der Waals surface area contributed by atoms with Gasteiger partial charge in [0, 0.05) is 13.2 Å². The molecule has 0 bridgehead atoms. The van der Waals surface area contributed by atoms with E-state index in [2.05, 4.69) is 5.32 Å². The van der Waals surface area contributed by atoms with Crippen LogP contribution in [0.25, 0.3) is 0 Å². The van der Waals surface area contributed by atoms with Crippen LogP contribution >= 0.6 is 0 Å². The average Bonchev–Trinajstić information content (AvgIpc) is 3.04. The SMILES string of the molecule is Cc1ccc2c(c1)N(CC(=O)NC[C@H]1CCCO1)C(=O)[C@H](C)O2. The molecule has 6 nitrogen and oxygen atoms in total. The second kappa shape index (κ2) is 6.58. The van der Waals surface area contributed by atoms with Gasteiger partial charge in [0.1, 0.15) is 12.3 Å². The zero-order valence-corrected chi connectivity index (χ0v) is 13.5. The summed E-state index contributed by atoms with van der Waals surface area (Å²) in [7, 11) is 0. The smallest absolute Gasteiger partial charge is 0.268 e. The Morgan fingerprint density at radius 1 is 1.43 bits per heavy atom. The largest absolute Gasteiger partial charge is 0.479 e. The van der Waals surface area contributed by atoms with Crippen LogP contribution in [-0.2, 0) is 14.3 Å². The molecule has 6 heteroatoms. The Morgan fingerprint density at radius 2 is 2.26 bits per heavy atom. The van der Waals surface area contributed by atoms with Gasteiger partial charge >= 0.3 is 0 Å². The van der Waals surface area contributed by atoms with Crippen LogP contribution in [0.4, 0.5) is 5.69 Å². The second-order valence-corrected chi connectivity index (χ2v) is 6.09. The van der Waals surface area contributed by atoms with Gasteiger partial charge in [0.05, 0.1) is 11.8 Å². The molecule has 1 fully saturated rings. The van der Waals surface area contributed by atoms with Crippen LogP contribution in [-0.4, -0.2) is 43.7 Å². The van der Waals surface area contributed by atoms with Crippen LogP contribution in [0.1, 0.15) is 25.3 Å². The zero-order valence-electron chi connectivity index (χ0n) is 13.5. The van der Waals surface area contributed by atoms with Gasteiger partial charge in [-0.1, -0.05) is 6.07 Å². The first-order valence-corrected chi connectivity index (χ1v) is 8.01. The summed E-state index contributed by atoms with van der Waals surface area (Å²) in [5.41, 5.74) is 1.67. The molecule has 23 heavy (non-hydrogen) atoms. The fourth-order valence-corrected chi connectivity index (χ4v) is 2.91. The Morgan fingerprint density at radius 3 is 3.00 bits per heavy atom. The molecule has 1 N–H and O–H groups in total. The highest BCUT2D eigenvalue weighted by atomic mass is 16.5. The number of nitrogens with one attached hydrogen (secondary N) is 1. The molecule has 1 saturated heterocycles. The van der Waals surface area contributed by atoms with Crippen molar-refractivity contribution in [3.8, 4) is 5.75 Å². The lowest BCUT2D eigenvalue weighted by atomic mass is 10.1. The Kier molecular flexibility index (Phi) is 4.52. The van der Waals surface area contributed by atoms with Gasteiger partial charge in [-0.25, -0.2) is 0 Å². The summed E-state index contributed by atoms with van der Waals surface area (Å²) in [6.07, 6.45) is 1.51. The molecule has 2 aliphatic heterocycles. The molecule has 124 valence electrons. The number of ether oxygens (including phenoxy) is 2. The van der Waals surface area contributed by atoms with Gasteiger partial charge in [-0.3, -0.25) is 14.5 Å². The van der Waals surface area contributed by atoms with Gasteiger partial charge < -0.3 is 14.8 Å². The minimum absolute atomic E-state index is 0.00426. The van der Waals surface area contributed by atoms with Crippen LogP contribution in [0, 0.1) is 6.92 Å². The first-order chi connectivity index (χ1) is 11.0. The Hall–Kier alpha value is -2.08. The highest BCUT2D eigenvalue weighted by Crippen LogP contribution is 2.34. The van der Waals surface area contributed by atoms with Gasteiger partial charge in [0.25, 0.3) is 5.91 Å². The van der Waals surface area contributed by atoms with E-state index in [9.17, 15) is 9.59 Å². The molecule has 2 atom stereocenters. The van der Waals surface area contributed by atoms with Crippen molar-refractivity contribution in [3.05, 3.63) is 23.8 Å². The summed E-state index contributed by atoms with van der Waals surface area (Å²) in [6, 6.07) is 5.63. The number of nitrogens with zero attached hydrogens (tertiary/aromatic N) is 1. The lowest BCUT2D eigenvalue weighted by molar-refractivity contribution is -0.128. The monoisotopic (exact) mass is 318 g/mol. The molecule has 0 saturated carbocycles. The van der Waals surface area contributed by atoms with Crippen LogP contribution in [0.5, 0.6) is 5.75 Å². The van der Waals surface area contributed by atoms with E-state index in [0.717, 1.165) is 25.0 Å². The highest BCUT2D eigenvalue weighted by Gasteiger charge is 2.32. The molecule has 2 heterocycles. The second-order valence-electron chi connectivity index (χ2n) is 6.09. The molecular formula is C17H22N2O4. The number of carbonyl (C=O) groups is 2. The van der Waals surface area contributed by atoms with Crippen molar-refractivity contribution >= 4 is 17.5 Å². The third kappa shape index (κ3) is 3.47. The predicted molar refractivity (Wildman–Crippen MR) is 85.6 cm³/mol. The van der Waals surface area contributed by atoms with E-state index in [0.29, 0.717) is 18.0 Å². The van der Waals surface area contributed by atoms with Crippen molar-refractivity contribution in [2.75, 3.05) is 24.6 Å². The van der Waals surface area contributed by atoms with Gasteiger partial charge in [0.15, 0.2) is 6.10 Å². The third-order valence-corrected chi connectivity index (χ3v) is 4.18. The number of carbonyl (C=O) groups excluding carboxylic acids is 2. The van der Waals surface area contributed by atoms with E-state index < -0.39 is 6.10 Å². The first-order valence-electron chi connectivity index (χ1n) is 8.01. The fraction of sp³-hybridized carbons (Fsp3) is 0.529. The molecule has 2 aliphatic rings. The molecule has 0 unspecified atom stereocenters. The van der Waals surface area contributed by atoms with E-state index in [-0.39, 0.29) is 24.5 Å². The Balaban J connectivity index is 1.69. The summed E-state index contributed by atoms with van der Waals surface area (Å²) in [4.78, 5) is 26.1. The van der Waals surface area contributed by atoms with Crippen molar-refractivity contribution in [2.45, 2.75) is 38.9 Å². The van der Waals surface area contributed by atoms with Crippen LogP contribution in [0.3, 0.4) is 0 Å². The lowest BCUT2D eigenvalue weighted by Gasteiger charge is -2.32. The Labute approximate surface area is 135 Å². The molecule has 0 aliphatic carbocycles. The van der Waals surface area contributed by atoms with Gasteiger partial charge in [0.2, 0.25) is 5.91 Å². The van der Waals surface area contributed by atoms with Crippen LogP contribution in [0.2, 0.25) is 0 Å². The van der Waals surface area contributed by atoms with E-state index in [1.807, 2.05) is 25.1 Å². The summed E-state index contributed by atoms with van der Waals surface area (Å²) in [5.74, 6) is 0.250.